The first-order valence-electron chi connectivity index (χ1n) is 34.1. The van der Waals surface area contributed by atoms with Crippen LogP contribution in [-0.2, 0) is 30.5 Å². The summed E-state index contributed by atoms with van der Waals surface area (Å²) < 4.78 is 92.7. The molecule has 0 aliphatic carbocycles. The van der Waals surface area contributed by atoms with E-state index in [2.05, 4.69) is 120 Å². The van der Waals surface area contributed by atoms with Gasteiger partial charge in [0.25, 0.3) is 0 Å². The molecule has 4 unspecified atom stereocenters. The van der Waals surface area contributed by atoms with Crippen molar-refractivity contribution in [2.75, 3.05) is 37.9 Å². The zero-order chi connectivity index (χ0) is 72.2. The molecule has 0 amide bonds. The molecule has 13 aromatic rings. The van der Waals surface area contributed by atoms with Gasteiger partial charge in [0, 0.05) is 0 Å². The van der Waals surface area contributed by atoms with Crippen LogP contribution in [0.15, 0.2) is 182 Å². The predicted molar refractivity (Wildman–Crippen MR) is 401 cm³/mol. The van der Waals surface area contributed by atoms with Gasteiger partial charge in [0.05, 0.1) is 110 Å². The van der Waals surface area contributed by atoms with Gasteiger partial charge in [0.2, 0.25) is 0 Å². The van der Waals surface area contributed by atoms with Crippen LogP contribution in [0.3, 0.4) is 0 Å². The molecule has 9 heterocycles. The topological polar surface area (TPSA) is 244 Å². The Bertz CT molecular complexity index is 5130. The third kappa shape index (κ3) is 14.8. The van der Waals surface area contributed by atoms with Gasteiger partial charge in [-0.1, -0.05) is 114 Å². The Labute approximate surface area is 609 Å². The summed E-state index contributed by atoms with van der Waals surface area (Å²) in [5.41, 5.74) is 21.4. The van der Waals surface area contributed by atoms with Gasteiger partial charge in [-0.3, -0.25) is 0 Å². The van der Waals surface area contributed by atoms with Crippen LogP contribution in [0.5, 0.6) is 23.0 Å². The van der Waals surface area contributed by atoms with Crippen LogP contribution in [0.4, 0.5) is 28.9 Å². The van der Waals surface area contributed by atoms with E-state index in [1.54, 1.807) is 30.5 Å². The quantitative estimate of drug-likeness (QED) is 0.0370. The van der Waals surface area contributed by atoms with Gasteiger partial charge in [-0.05, 0) is 169 Å². The van der Waals surface area contributed by atoms with E-state index in [-0.39, 0.29) is 46.7 Å². The molecule has 103 heavy (non-hydrogen) atoms. The van der Waals surface area contributed by atoms with Crippen LogP contribution in [0.1, 0.15) is 99.0 Å². The molecular formula is C79H76Br2F4N10O7Si. The Kier molecular flexibility index (Phi) is 21.4. The van der Waals surface area contributed by atoms with Gasteiger partial charge in [-0.2, -0.15) is 0 Å². The number of aromatic nitrogens is 8. The summed E-state index contributed by atoms with van der Waals surface area (Å²) in [6.45, 7) is 15.7. The average molecular weight is 1540 g/mol. The summed E-state index contributed by atoms with van der Waals surface area (Å²) in [7, 11) is -2.07. The molecule has 5 aromatic heterocycles. The van der Waals surface area contributed by atoms with Crippen LogP contribution in [0.25, 0.3) is 55.7 Å². The molecule has 0 saturated heterocycles. The number of rotatable bonds is 10. The summed E-state index contributed by atoms with van der Waals surface area (Å²) in [6.07, 6.45) is 8.71. The zero-order valence-electron chi connectivity index (χ0n) is 57.4. The van der Waals surface area contributed by atoms with Crippen molar-refractivity contribution in [2.45, 2.75) is 102 Å². The van der Waals surface area contributed by atoms with E-state index in [4.69, 9.17) is 44.2 Å². The first-order valence-corrected chi connectivity index (χ1v) is 37.9. The number of para-hydroxylation sites is 4. The Morgan fingerprint density at radius 3 is 1.31 bits per heavy atom. The zero-order valence-corrected chi connectivity index (χ0v) is 61.6. The van der Waals surface area contributed by atoms with Crippen molar-refractivity contribution in [3.05, 3.63) is 236 Å². The third-order valence-corrected chi connectivity index (χ3v) is 27.5. The monoisotopic (exact) mass is 1540 g/mol. The highest BCUT2D eigenvalue weighted by Crippen LogP contribution is 2.43. The number of oxazole rings is 2. The number of carbonyl (C=O) groups excluding carboxylic acids is 1. The van der Waals surface area contributed by atoms with Gasteiger partial charge in [-0.25, -0.2) is 42.5 Å². The first kappa shape index (κ1) is 71.4. The lowest BCUT2D eigenvalue weighted by molar-refractivity contribution is -0.112. The number of hydrogen-bond acceptors (Lipinski definition) is 14. The lowest BCUT2D eigenvalue weighted by Crippen LogP contribution is -2.56. The number of anilines is 2. The minimum Gasteiger partial charge on any atom is -0.493 e. The maximum absolute atomic E-state index is 15.8. The number of nitrogens with one attached hydrogen (secondary N) is 3. The van der Waals surface area contributed by atoms with Gasteiger partial charge in [-0.15, -0.1) is 0 Å². The molecule has 4 aliphatic heterocycles. The number of ether oxygens (including phenoxy) is 4. The van der Waals surface area contributed by atoms with E-state index in [1.165, 1.54) is 18.7 Å². The van der Waals surface area contributed by atoms with E-state index >= 15 is 4.39 Å². The van der Waals surface area contributed by atoms with Crippen LogP contribution in [-0.4, -0.2) is 80.7 Å². The fourth-order valence-corrected chi connectivity index (χ4v) is 21.1. The number of imidazole rings is 3. The van der Waals surface area contributed by atoms with Crippen LogP contribution in [0.2, 0.25) is 16.6 Å². The Morgan fingerprint density at radius 2 is 0.883 bits per heavy atom. The van der Waals surface area contributed by atoms with Gasteiger partial charge < -0.3 is 59.0 Å². The highest BCUT2D eigenvalue weighted by molar-refractivity contribution is 9.10. The van der Waals surface area contributed by atoms with Crippen molar-refractivity contribution in [1.29, 1.82) is 0 Å². The Hall–Kier alpha value is -10.0. The number of aromatic amines is 3. The van der Waals surface area contributed by atoms with E-state index < -0.39 is 19.7 Å². The standard InChI is InChI=1S/C28H34FN3O2Si.C19H14FN3O2.C16H12BrFN2O.C10H10O2.C6H6BrFN2/c1-16(2)35(17(3)4,18(5)6)28-30-14-24(34-28)21-11-12-22-26(25(21)29)32-27(31-22)20-13-19-9-7-8-10-23(19)33-15-20;20-17-13(16-8-21-10-25-16)5-6-14-18(17)23-19(22-14)12-7-11-3-1-2-4-15(11)24-9-12;17-11-5-6-12-15(14(11)18)20-16(19-12)10-7-9-3-1-2-4-13(9)21-8-10;11-6-8-5-9-3-1-2-4-10(9)12-7-8;7-3-1-2-4(9)6(10)5(3)8/h7-12,14,16-18,20H,13,15H2,1-6H3,(H,31,32);1-6,8,10,12H,7,9H2,(H,22,23);1-6,10H,7-8H2,(H,19,20);1-4,6,8H,5,7H2;1-2H,9-10H2. The van der Waals surface area contributed by atoms with Gasteiger partial charge in [0.15, 0.2) is 54.8 Å². The number of hydrogen-bond donors (Lipinski definition) is 5. The Morgan fingerprint density at radius 1 is 0.485 bits per heavy atom. The number of H-pyrrole nitrogens is 3. The fourth-order valence-electron chi connectivity index (χ4n) is 14.3. The van der Waals surface area contributed by atoms with Gasteiger partial charge >= 0.3 is 0 Å². The second-order valence-corrected chi connectivity index (χ2v) is 34.4. The van der Waals surface area contributed by atoms with E-state index in [0.29, 0.717) is 108 Å². The number of fused-ring (bicyclic) bond motifs is 7. The molecule has 0 saturated carbocycles. The number of carbonyl (C=O) groups is 1. The molecule has 17 rings (SSSR count). The maximum Gasteiger partial charge on any atom is 0.181 e. The molecule has 4 atom stereocenters. The van der Waals surface area contributed by atoms with E-state index in [9.17, 15) is 18.0 Å². The van der Waals surface area contributed by atoms with Gasteiger partial charge in [0.1, 0.15) is 63.3 Å². The number of nitrogens with two attached hydrogens (primary N) is 2. The largest absolute Gasteiger partial charge is 0.493 e. The summed E-state index contributed by atoms with van der Waals surface area (Å²) in [5.74, 6) is 5.45. The van der Waals surface area contributed by atoms with Crippen LogP contribution in [0, 0.1) is 29.2 Å². The molecule has 0 spiro atoms. The molecule has 4 aliphatic rings. The van der Waals surface area contributed by atoms with Crippen molar-refractivity contribution >= 4 is 96.2 Å². The first-order chi connectivity index (χ1) is 49.8. The highest BCUT2D eigenvalue weighted by Gasteiger charge is 2.49. The summed E-state index contributed by atoms with van der Waals surface area (Å²) in [6, 6.07) is 45.6. The van der Waals surface area contributed by atoms with Crippen molar-refractivity contribution in [3.63, 3.8) is 0 Å². The lowest BCUT2D eigenvalue weighted by Gasteiger charge is -2.39. The molecule has 0 bridgehead atoms. The lowest BCUT2D eigenvalue weighted by atomic mass is 9.96. The number of nitrogens with zero attached hydrogens (tertiary/aromatic N) is 5. The second-order valence-electron chi connectivity index (χ2n) is 26.9. The van der Waals surface area contributed by atoms with E-state index in [0.717, 1.165) is 100 Å². The highest BCUT2D eigenvalue weighted by atomic mass is 79.9. The fraction of sp³-hybridized carbons (Fsp3) is 0.266. The SMILES string of the molecule is CC(C)[Si](c1ncc(-c2ccc3[nH]c(C4COc5ccccc5C4)nc3c2F)o1)(C(C)C)C(C)C.Fc1c(-c2cnco2)ccc2[nH]c(C3COc4ccccc4C3)nc12.Fc1c(Br)ccc2[nH]c(C3COc4ccccc4C3)nc12.Nc1ccc(Br)c(F)c1N.O=CC1COc2ccccc2C1. The summed E-state index contributed by atoms with van der Waals surface area (Å²) in [5, 5.41) is 0. The molecule has 0 radical (unpaired) electrons. The molecule has 0 fully saturated rings. The normalized spacial score (nSPS) is 16.5. The summed E-state index contributed by atoms with van der Waals surface area (Å²) in [4.78, 5) is 42.4. The van der Waals surface area contributed by atoms with Crippen molar-refractivity contribution in [2.24, 2.45) is 5.92 Å². The molecule has 17 nitrogen and oxygen atoms in total. The van der Waals surface area contributed by atoms with E-state index in [1.807, 2.05) is 103 Å². The molecule has 530 valence electrons. The van der Waals surface area contributed by atoms with Crippen molar-refractivity contribution < 1.29 is 50.1 Å². The minimum absolute atomic E-state index is 0.00521. The molecule has 8 aromatic carbocycles. The predicted octanol–water partition coefficient (Wildman–Crippen LogP) is 18.4. The average Bonchev–Trinajstić information content (AvgIpc) is 1.65. The number of halogens is 6. The number of benzene rings is 8. The maximum atomic E-state index is 15.8. The second kappa shape index (κ2) is 30.9. The molecule has 7 N–H and O–H groups in total. The minimum atomic E-state index is -2.07. The van der Waals surface area contributed by atoms with Crippen molar-refractivity contribution in [1.82, 2.24) is 39.9 Å². The smallest absolute Gasteiger partial charge is 0.181 e. The third-order valence-electron chi connectivity index (χ3n) is 19.6. The molecule has 24 heteroatoms. The molecular weight excluding hydrogens is 1460 g/mol. The van der Waals surface area contributed by atoms with Crippen LogP contribution < -0.4 is 35.9 Å². The number of nitrogen functional groups attached to an aromatic ring is 2. The van der Waals surface area contributed by atoms with Crippen molar-refractivity contribution in [3.8, 4) is 45.6 Å². The number of aldehydes is 1. The Balaban J connectivity index is 0.000000122. The van der Waals surface area contributed by atoms with Crippen LogP contribution >= 0.6 is 31.9 Å². The summed E-state index contributed by atoms with van der Waals surface area (Å²) >= 11 is 6.16.